The molecular weight excluding hydrogens is 150 g/mol. The second-order valence-electron chi connectivity index (χ2n) is 2.72. The van der Waals surface area contributed by atoms with E-state index >= 15 is 0 Å². The molecule has 0 atom stereocenters. The fourth-order valence-corrected chi connectivity index (χ4v) is 1.08. The van der Waals surface area contributed by atoms with Crippen LogP contribution in [0.2, 0.25) is 0 Å². The number of rotatable bonds is 4. The lowest BCUT2D eigenvalue weighted by molar-refractivity contribution is 0.628. The van der Waals surface area contributed by atoms with Crippen molar-refractivity contribution in [3.63, 3.8) is 0 Å². The summed E-state index contributed by atoms with van der Waals surface area (Å²) < 4.78 is 2.10. The summed E-state index contributed by atoms with van der Waals surface area (Å²) in [4.78, 5) is 4.05. The summed E-state index contributed by atoms with van der Waals surface area (Å²) in [6.07, 6.45) is 9.44. The van der Waals surface area contributed by atoms with E-state index in [2.05, 4.69) is 16.5 Å². The van der Waals surface area contributed by atoms with Crippen LogP contribution in [0.4, 0.5) is 0 Å². The molecule has 0 aromatic carbocycles. The third-order valence-corrected chi connectivity index (χ3v) is 1.76. The highest BCUT2D eigenvalue weighted by Crippen LogP contribution is 2.03. The van der Waals surface area contributed by atoms with Crippen LogP contribution in [0.5, 0.6) is 0 Å². The largest absolute Gasteiger partial charge is 0.405 e. The third kappa shape index (κ3) is 2.12. The molecule has 3 heteroatoms. The highest BCUT2D eigenvalue weighted by atomic mass is 15.0. The molecule has 3 nitrogen and oxygen atoms in total. The summed E-state index contributed by atoms with van der Waals surface area (Å²) >= 11 is 0. The third-order valence-electron chi connectivity index (χ3n) is 1.76. The Morgan fingerprint density at radius 1 is 1.67 bits per heavy atom. The van der Waals surface area contributed by atoms with Crippen LogP contribution in [-0.4, -0.2) is 9.55 Å². The maximum atomic E-state index is 5.30. The summed E-state index contributed by atoms with van der Waals surface area (Å²) in [7, 11) is 0. The molecule has 0 spiro atoms. The van der Waals surface area contributed by atoms with Crippen molar-refractivity contribution in [2.45, 2.75) is 26.3 Å². The summed E-state index contributed by atoms with van der Waals surface area (Å²) in [6, 6.07) is 0. The van der Waals surface area contributed by atoms with E-state index < -0.39 is 0 Å². The van der Waals surface area contributed by atoms with Crippen LogP contribution in [0.1, 0.15) is 25.5 Å². The lowest BCUT2D eigenvalue weighted by Gasteiger charge is -2.02. The zero-order valence-electron chi connectivity index (χ0n) is 7.40. The summed E-state index contributed by atoms with van der Waals surface area (Å²) in [6.45, 7) is 3.20. The first kappa shape index (κ1) is 8.84. The van der Waals surface area contributed by atoms with Crippen molar-refractivity contribution in [1.29, 1.82) is 0 Å². The number of hydrogen-bond acceptors (Lipinski definition) is 2. The molecule has 0 bridgehead atoms. The zero-order valence-corrected chi connectivity index (χ0v) is 7.40. The van der Waals surface area contributed by atoms with Crippen LogP contribution < -0.4 is 5.73 Å². The molecule has 1 heterocycles. The Bertz CT molecular complexity index is 250. The van der Waals surface area contributed by atoms with Crippen molar-refractivity contribution in [2.24, 2.45) is 5.73 Å². The maximum absolute atomic E-state index is 5.30. The average molecular weight is 165 g/mol. The molecule has 0 amide bonds. The number of aryl methyl sites for hydroxylation is 1. The molecule has 12 heavy (non-hydrogen) atoms. The minimum Gasteiger partial charge on any atom is -0.405 e. The number of hydrogen-bond donors (Lipinski definition) is 1. The van der Waals surface area contributed by atoms with Gasteiger partial charge in [0.25, 0.3) is 0 Å². The number of nitrogens with two attached hydrogens (primary N) is 1. The van der Waals surface area contributed by atoms with Crippen molar-refractivity contribution in [2.75, 3.05) is 0 Å². The van der Waals surface area contributed by atoms with Crippen LogP contribution in [0.3, 0.4) is 0 Å². The van der Waals surface area contributed by atoms with E-state index in [0.29, 0.717) is 0 Å². The monoisotopic (exact) mass is 165 g/mol. The van der Waals surface area contributed by atoms with E-state index in [-0.39, 0.29) is 0 Å². The van der Waals surface area contributed by atoms with E-state index in [1.54, 1.807) is 6.20 Å². The average Bonchev–Trinajstić information content (AvgIpc) is 2.50. The molecule has 0 fully saturated rings. The molecule has 1 aromatic rings. The smallest absolute Gasteiger partial charge is 0.0950 e. The van der Waals surface area contributed by atoms with Gasteiger partial charge in [-0.25, -0.2) is 4.98 Å². The van der Waals surface area contributed by atoms with Gasteiger partial charge in [-0.1, -0.05) is 13.3 Å². The van der Waals surface area contributed by atoms with Crippen LogP contribution in [0.15, 0.2) is 18.7 Å². The highest BCUT2D eigenvalue weighted by molar-refractivity contribution is 5.42. The zero-order chi connectivity index (χ0) is 8.81. The molecule has 1 aromatic heterocycles. The molecule has 0 radical (unpaired) electrons. The van der Waals surface area contributed by atoms with Crippen LogP contribution in [0.25, 0.3) is 6.08 Å². The first-order chi connectivity index (χ1) is 5.88. The fraction of sp³-hybridized carbons (Fsp3) is 0.444. The van der Waals surface area contributed by atoms with Crippen molar-refractivity contribution < 1.29 is 0 Å². The van der Waals surface area contributed by atoms with Gasteiger partial charge in [0, 0.05) is 6.54 Å². The van der Waals surface area contributed by atoms with Crippen LogP contribution in [0, 0.1) is 0 Å². The Morgan fingerprint density at radius 2 is 2.50 bits per heavy atom. The van der Waals surface area contributed by atoms with E-state index in [1.165, 1.54) is 12.8 Å². The van der Waals surface area contributed by atoms with Crippen LogP contribution >= 0.6 is 0 Å². The predicted octanol–water partition coefficient (Wildman–Crippen LogP) is 1.61. The minimum atomic E-state index is 1.02. The minimum absolute atomic E-state index is 1.02. The molecule has 1 rings (SSSR count). The van der Waals surface area contributed by atoms with Crippen molar-refractivity contribution in [1.82, 2.24) is 9.55 Å². The Morgan fingerprint density at radius 3 is 3.17 bits per heavy atom. The van der Waals surface area contributed by atoms with E-state index in [1.807, 2.05) is 18.6 Å². The van der Waals surface area contributed by atoms with Gasteiger partial charge < -0.3 is 10.3 Å². The van der Waals surface area contributed by atoms with Crippen LogP contribution in [-0.2, 0) is 6.54 Å². The molecule has 0 unspecified atom stereocenters. The quantitative estimate of drug-likeness (QED) is 0.736. The Hall–Kier alpha value is -1.25. The van der Waals surface area contributed by atoms with Crippen molar-refractivity contribution >= 4 is 6.08 Å². The highest BCUT2D eigenvalue weighted by Gasteiger charge is 1.95. The summed E-state index contributed by atoms with van der Waals surface area (Å²) in [5, 5.41) is 0. The van der Waals surface area contributed by atoms with Gasteiger partial charge in [-0.3, -0.25) is 0 Å². The maximum Gasteiger partial charge on any atom is 0.0950 e. The summed E-state index contributed by atoms with van der Waals surface area (Å²) in [5.74, 6) is 0. The Kier molecular flexibility index (Phi) is 3.38. The van der Waals surface area contributed by atoms with Gasteiger partial charge in [0.1, 0.15) is 0 Å². The predicted molar refractivity (Wildman–Crippen MR) is 50.4 cm³/mol. The van der Waals surface area contributed by atoms with E-state index in [4.69, 9.17) is 5.73 Å². The second-order valence-corrected chi connectivity index (χ2v) is 2.72. The standard InChI is InChI=1S/C9H15N3/c1-2-3-6-12-8-11-7-9(12)4-5-10/h4-5,7-8H,2-3,6,10H2,1H3. The molecule has 2 N–H and O–H groups in total. The lowest BCUT2D eigenvalue weighted by Crippen LogP contribution is -1.98. The summed E-state index contributed by atoms with van der Waals surface area (Å²) in [5.41, 5.74) is 6.37. The number of unbranched alkanes of at least 4 members (excludes halogenated alkanes) is 1. The van der Waals surface area contributed by atoms with Gasteiger partial charge in [-0.05, 0) is 18.7 Å². The molecule has 66 valence electrons. The molecule has 0 aliphatic carbocycles. The number of aromatic nitrogens is 2. The van der Waals surface area contributed by atoms with Gasteiger partial charge in [0.15, 0.2) is 0 Å². The molecule has 0 aliphatic rings. The van der Waals surface area contributed by atoms with E-state index in [0.717, 1.165) is 12.2 Å². The lowest BCUT2D eigenvalue weighted by atomic mass is 10.3. The first-order valence-electron chi connectivity index (χ1n) is 4.27. The number of imidazole rings is 1. The van der Waals surface area contributed by atoms with Crippen molar-refractivity contribution in [3.05, 3.63) is 24.4 Å². The molecular formula is C9H15N3. The van der Waals surface area contributed by atoms with Gasteiger partial charge >= 0.3 is 0 Å². The first-order valence-corrected chi connectivity index (χ1v) is 4.27. The number of nitrogens with zero attached hydrogens (tertiary/aromatic N) is 2. The molecule has 0 saturated carbocycles. The Balaban J connectivity index is 2.63. The molecule has 0 saturated heterocycles. The normalized spacial score (nSPS) is 11.1. The van der Waals surface area contributed by atoms with Gasteiger partial charge in [0.05, 0.1) is 18.2 Å². The Labute approximate surface area is 72.9 Å². The van der Waals surface area contributed by atoms with Gasteiger partial charge in [-0.15, -0.1) is 0 Å². The van der Waals surface area contributed by atoms with Gasteiger partial charge in [-0.2, -0.15) is 0 Å². The SMILES string of the molecule is CCCCn1cncc1C=CN. The van der Waals surface area contributed by atoms with Gasteiger partial charge in [0.2, 0.25) is 0 Å². The fourth-order valence-electron chi connectivity index (χ4n) is 1.08. The van der Waals surface area contributed by atoms with Crippen molar-refractivity contribution in [3.8, 4) is 0 Å². The second kappa shape index (κ2) is 4.59. The topological polar surface area (TPSA) is 43.8 Å². The van der Waals surface area contributed by atoms with E-state index in [9.17, 15) is 0 Å². The molecule has 0 aliphatic heterocycles.